The van der Waals surface area contributed by atoms with Crippen molar-refractivity contribution in [3.63, 3.8) is 0 Å². The van der Waals surface area contributed by atoms with Crippen molar-refractivity contribution in [2.75, 3.05) is 48.3 Å². The highest BCUT2D eigenvalue weighted by Gasteiger charge is 2.33. The average molecular weight is 1020 g/mol. The Labute approximate surface area is 433 Å². The zero-order chi connectivity index (χ0) is 51.5. The molecule has 382 valence electrons. The summed E-state index contributed by atoms with van der Waals surface area (Å²) in [5.41, 5.74) is 7.06. The quantitative estimate of drug-likeness (QED) is 0.0504. The SMILES string of the molecule is Cn1nc(C2CCC(=O)NC2=O)c2cccc(NC(=O)CN3CCC(Cc4ccc(OCCCc5ccc(N6CCc7cccc(C(=O)Nc8nc9ccccc9s8)c7C6)nc5C(=O)OC(C)(C)C)cc4)CC3)c21. The minimum Gasteiger partial charge on any atom is -0.494 e. The fourth-order valence-corrected chi connectivity index (χ4v) is 11.2. The maximum absolute atomic E-state index is 13.7. The van der Waals surface area contributed by atoms with Gasteiger partial charge in [0.2, 0.25) is 17.7 Å². The number of hydrogen-bond acceptors (Lipinski definition) is 13. The molecule has 3 N–H and O–H groups in total. The van der Waals surface area contributed by atoms with Crippen LogP contribution < -0.4 is 25.6 Å². The van der Waals surface area contributed by atoms with Crippen molar-refractivity contribution in [3.8, 4) is 5.75 Å². The van der Waals surface area contributed by atoms with E-state index in [4.69, 9.17) is 14.5 Å². The molecule has 2 fully saturated rings. The number of thiazole rings is 1. The van der Waals surface area contributed by atoms with Crippen molar-refractivity contribution in [1.29, 1.82) is 0 Å². The number of carbonyl (C=O) groups excluding carboxylic acids is 5. The zero-order valence-corrected chi connectivity index (χ0v) is 43.1. The van der Waals surface area contributed by atoms with E-state index in [0.717, 1.165) is 82.3 Å². The number of piperidine rings is 2. The van der Waals surface area contributed by atoms with Gasteiger partial charge < -0.3 is 19.7 Å². The third-order valence-corrected chi connectivity index (χ3v) is 15.0. The molecule has 3 aliphatic rings. The van der Waals surface area contributed by atoms with Gasteiger partial charge in [0.05, 0.1) is 46.2 Å². The monoisotopic (exact) mass is 1020 g/mol. The molecule has 0 radical (unpaired) electrons. The van der Waals surface area contributed by atoms with Crippen LogP contribution in [0.4, 0.5) is 16.6 Å². The summed E-state index contributed by atoms with van der Waals surface area (Å²) in [4.78, 5) is 79.0. The van der Waals surface area contributed by atoms with Crippen molar-refractivity contribution < 1.29 is 33.4 Å². The maximum Gasteiger partial charge on any atom is 0.357 e. The second-order valence-corrected chi connectivity index (χ2v) is 21.5. The molecule has 0 spiro atoms. The number of imide groups is 1. The molecule has 74 heavy (non-hydrogen) atoms. The number of para-hydroxylation sites is 2. The molecule has 2 saturated heterocycles. The van der Waals surface area contributed by atoms with Gasteiger partial charge >= 0.3 is 5.97 Å². The zero-order valence-electron chi connectivity index (χ0n) is 42.2. The molecule has 1 unspecified atom stereocenters. The summed E-state index contributed by atoms with van der Waals surface area (Å²) in [5.74, 6) is 0.00538. The summed E-state index contributed by atoms with van der Waals surface area (Å²) in [6.45, 7) is 9.05. The Kier molecular flexibility index (Phi) is 14.6. The number of anilines is 3. The lowest BCUT2D eigenvalue weighted by atomic mass is 9.90. The Morgan fingerprint density at radius 1 is 0.851 bits per heavy atom. The number of nitrogens with one attached hydrogen (secondary N) is 3. The van der Waals surface area contributed by atoms with Crippen LogP contribution in [0.2, 0.25) is 0 Å². The van der Waals surface area contributed by atoms with Crippen LogP contribution in [-0.2, 0) is 52.0 Å². The number of rotatable bonds is 15. The van der Waals surface area contributed by atoms with E-state index in [1.807, 2.05) is 99.6 Å². The van der Waals surface area contributed by atoms with Crippen molar-refractivity contribution >= 4 is 78.7 Å². The molecule has 7 aromatic rings. The third kappa shape index (κ3) is 11.5. The molecule has 0 bridgehead atoms. The van der Waals surface area contributed by atoms with Crippen molar-refractivity contribution in [2.45, 2.75) is 90.2 Å². The van der Waals surface area contributed by atoms with Gasteiger partial charge in [-0.15, -0.1) is 0 Å². The Balaban J connectivity index is 0.699. The van der Waals surface area contributed by atoms with E-state index in [2.05, 4.69) is 54.0 Å². The van der Waals surface area contributed by atoms with Gasteiger partial charge in [-0.3, -0.25) is 39.4 Å². The van der Waals surface area contributed by atoms with Gasteiger partial charge in [0.25, 0.3) is 5.91 Å². The van der Waals surface area contributed by atoms with E-state index in [9.17, 15) is 24.0 Å². The van der Waals surface area contributed by atoms with Crippen LogP contribution in [0.25, 0.3) is 21.1 Å². The number of carbonyl (C=O) groups is 5. The molecule has 10 rings (SSSR count). The van der Waals surface area contributed by atoms with Crippen LogP contribution in [0.5, 0.6) is 5.75 Å². The van der Waals surface area contributed by atoms with Crippen LogP contribution in [0.3, 0.4) is 0 Å². The standard InChI is InChI=1S/C57H61N9O7S/c1-57(2,3)73-55(71)50-38(19-23-47(60-50)66-30-27-37-10-7-12-40(43(37)33-66)53(69)62-56-59-44-14-5-6-16-46(44)74-56)11-9-31-72-39-20-17-35(18-21-39)32-36-25-28-65(29-26-36)34-49(68)58-45-15-8-13-41-51(63-64(4)52(41)45)42-22-24-48(67)61-54(42)70/h5-8,10,12-21,23,36,42H,9,11,22,24-34H2,1-4H3,(H,58,68)(H,59,62,69)(H,61,67,70). The third-order valence-electron chi connectivity index (χ3n) is 14.0. The average Bonchev–Trinajstić information content (AvgIpc) is 3.95. The molecule has 4 aromatic carbocycles. The molecule has 0 saturated carbocycles. The molecular formula is C57H61N9O7S. The summed E-state index contributed by atoms with van der Waals surface area (Å²) in [6.07, 6.45) is 5.52. The molecule has 3 aliphatic heterocycles. The fraction of sp³-hybridized carbons (Fsp3) is 0.368. The Morgan fingerprint density at radius 3 is 2.43 bits per heavy atom. The second kappa shape index (κ2) is 21.5. The minimum absolute atomic E-state index is 0.103. The first-order valence-electron chi connectivity index (χ1n) is 25.5. The predicted molar refractivity (Wildman–Crippen MR) is 286 cm³/mol. The van der Waals surface area contributed by atoms with Crippen molar-refractivity contribution in [3.05, 3.63) is 136 Å². The molecule has 1 atom stereocenters. The second-order valence-electron chi connectivity index (χ2n) is 20.5. The summed E-state index contributed by atoms with van der Waals surface area (Å²) in [6, 6.07) is 31.4. The highest BCUT2D eigenvalue weighted by molar-refractivity contribution is 7.22. The lowest BCUT2D eigenvalue weighted by Gasteiger charge is -2.31. The van der Waals surface area contributed by atoms with Gasteiger partial charge in [-0.25, -0.2) is 14.8 Å². The lowest BCUT2D eigenvalue weighted by molar-refractivity contribution is -0.134. The van der Waals surface area contributed by atoms with Crippen LogP contribution in [0.1, 0.15) is 108 Å². The van der Waals surface area contributed by atoms with Crippen LogP contribution in [-0.4, -0.2) is 92.6 Å². The van der Waals surface area contributed by atoms with E-state index in [0.29, 0.717) is 72.8 Å². The van der Waals surface area contributed by atoms with E-state index >= 15 is 0 Å². The fourth-order valence-electron chi connectivity index (χ4n) is 10.4. The number of hydrogen-bond donors (Lipinski definition) is 3. The molecule has 17 heteroatoms. The topological polar surface area (TPSA) is 190 Å². The molecule has 6 heterocycles. The largest absolute Gasteiger partial charge is 0.494 e. The van der Waals surface area contributed by atoms with Crippen LogP contribution in [0.15, 0.2) is 97.1 Å². The van der Waals surface area contributed by atoms with E-state index in [1.165, 1.54) is 16.9 Å². The number of aryl methyl sites for hydroxylation is 2. The summed E-state index contributed by atoms with van der Waals surface area (Å²) in [5, 5.41) is 14.5. The highest BCUT2D eigenvalue weighted by atomic mass is 32.1. The van der Waals surface area contributed by atoms with Crippen molar-refractivity contribution in [2.24, 2.45) is 13.0 Å². The summed E-state index contributed by atoms with van der Waals surface area (Å²) < 4.78 is 14.8. The first kappa shape index (κ1) is 50.1. The summed E-state index contributed by atoms with van der Waals surface area (Å²) in [7, 11) is 1.80. The van der Waals surface area contributed by atoms with Gasteiger partial charge in [-0.2, -0.15) is 5.10 Å². The minimum atomic E-state index is -0.707. The van der Waals surface area contributed by atoms with E-state index in [-0.39, 0.29) is 42.3 Å². The van der Waals surface area contributed by atoms with Gasteiger partial charge in [0.15, 0.2) is 10.8 Å². The molecular weight excluding hydrogens is 955 g/mol. The number of fused-ring (bicyclic) bond motifs is 3. The molecule has 3 aromatic heterocycles. The number of esters is 1. The number of nitrogens with zero attached hydrogens (tertiary/aromatic N) is 6. The number of benzene rings is 4. The Morgan fingerprint density at radius 2 is 1.65 bits per heavy atom. The highest BCUT2D eigenvalue weighted by Crippen LogP contribution is 2.35. The molecule has 0 aliphatic carbocycles. The van der Waals surface area contributed by atoms with Gasteiger partial charge in [-0.1, -0.05) is 65.9 Å². The number of aromatic nitrogens is 4. The number of amides is 4. The van der Waals surface area contributed by atoms with Crippen LogP contribution >= 0.6 is 11.3 Å². The number of ether oxygens (including phenoxy) is 2. The van der Waals surface area contributed by atoms with Gasteiger partial charge in [0.1, 0.15) is 17.2 Å². The summed E-state index contributed by atoms with van der Waals surface area (Å²) >= 11 is 1.44. The van der Waals surface area contributed by atoms with Crippen LogP contribution in [0, 0.1) is 5.92 Å². The smallest absolute Gasteiger partial charge is 0.357 e. The molecule has 4 amide bonds. The Bertz CT molecular complexity index is 3230. The predicted octanol–water partition coefficient (Wildman–Crippen LogP) is 8.77. The van der Waals surface area contributed by atoms with E-state index < -0.39 is 17.5 Å². The number of pyridine rings is 1. The first-order chi connectivity index (χ1) is 35.7. The van der Waals surface area contributed by atoms with Gasteiger partial charge in [0, 0.05) is 37.5 Å². The first-order valence-corrected chi connectivity index (χ1v) is 26.3. The maximum atomic E-state index is 13.7. The normalized spacial score (nSPS) is 16.5. The van der Waals surface area contributed by atoms with E-state index in [1.54, 1.807) is 11.7 Å². The number of likely N-dealkylation sites (tertiary alicyclic amines) is 1. The van der Waals surface area contributed by atoms with Gasteiger partial charge in [-0.05, 0) is 149 Å². The van der Waals surface area contributed by atoms with Crippen molar-refractivity contribution in [1.82, 2.24) is 30.0 Å². The molecule has 16 nitrogen and oxygen atoms in total. The Hall–Kier alpha value is -7.50. The lowest BCUT2D eigenvalue weighted by Crippen LogP contribution is -2.39.